The number of carbonyl (C=O) groups is 1. The molecule has 0 bridgehead atoms. The second-order valence-corrected chi connectivity index (χ2v) is 7.57. The summed E-state index contributed by atoms with van der Waals surface area (Å²) in [5, 5.41) is 15.0. The largest absolute Gasteiger partial charge is 0.399 e. The Kier molecular flexibility index (Phi) is 4.92. The number of dihydropyridines is 1. The van der Waals surface area contributed by atoms with Crippen molar-refractivity contribution in [3.05, 3.63) is 64.0 Å². The van der Waals surface area contributed by atoms with E-state index in [1.807, 2.05) is 32.2 Å². The zero-order chi connectivity index (χ0) is 18.9. The summed E-state index contributed by atoms with van der Waals surface area (Å²) in [7, 11) is 0. The molecule has 1 atom stereocenters. The quantitative estimate of drug-likeness (QED) is 0.594. The molecule has 1 aliphatic heterocycles. The van der Waals surface area contributed by atoms with Crippen LogP contribution < -0.4 is 16.4 Å². The molecular formula is C20H23ClN4O. The molecule has 3 rings (SSSR count). The number of allylic oxidation sites excluding steroid dienone is 3. The number of halogens is 1. The Bertz CT molecular complexity index is 869. The zero-order valence-electron chi connectivity index (χ0n) is 14.9. The van der Waals surface area contributed by atoms with Gasteiger partial charge in [0.2, 0.25) is 0 Å². The lowest BCUT2D eigenvalue weighted by Gasteiger charge is -2.37. The average molecular weight is 371 g/mol. The molecule has 6 heteroatoms. The van der Waals surface area contributed by atoms with Crippen molar-refractivity contribution in [2.75, 3.05) is 5.73 Å². The summed E-state index contributed by atoms with van der Waals surface area (Å²) in [6, 6.07) is 4.88. The standard InChI is InChI=1S/C20H23ClN4O/c1-12-3-6-18(24-11-12)15-10-20(2,8-7-17(15)23)25-19(26)14-5-4-13(22)9-16(14)21/h3-6,9,11,23-24H,7-8,10,22H2,1-2H3,(H,25,26)/b18-15-,23-17?. The first-order chi connectivity index (χ1) is 12.3. The molecule has 136 valence electrons. The lowest BCUT2D eigenvalue weighted by atomic mass is 9.78. The number of amides is 1. The minimum atomic E-state index is -0.444. The second kappa shape index (κ2) is 7.00. The lowest BCUT2D eigenvalue weighted by Crippen LogP contribution is -2.49. The molecule has 1 aromatic rings. The van der Waals surface area contributed by atoms with Crippen LogP contribution in [0.4, 0.5) is 5.69 Å². The van der Waals surface area contributed by atoms with Crippen LogP contribution in [0.5, 0.6) is 0 Å². The number of nitrogen functional groups attached to an aromatic ring is 1. The third-order valence-corrected chi connectivity index (χ3v) is 5.12. The van der Waals surface area contributed by atoms with Gasteiger partial charge in [-0.1, -0.05) is 17.7 Å². The van der Waals surface area contributed by atoms with Gasteiger partial charge >= 0.3 is 0 Å². The molecule has 1 aromatic carbocycles. The van der Waals surface area contributed by atoms with E-state index in [0.29, 0.717) is 41.2 Å². The fourth-order valence-electron chi connectivity index (χ4n) is 3.25. The Morgan fingerprint density at radius 3 is 2.81 bits per heavy atom. The van der Waals surface area contributed by atoms with Gasteiger partial charge in [0.1, 0.15) is 0 Å². The van der Waals surface area contributed by atoms with E-state index in [2.05, 4.69) is 10.6 Å². The minimum absolute atomic E-state index is 0.224. The lowest BCUT2D eigenvalue weighted by molar-refractivity contribution is 0.0900. The molecule has 0 radical (unpaired) electrons. The Morgan fingerprint density at radius 2 is 2.15 bits per heavy atom. The third kappa shape index (κ3) is 3.83. The van der Waals surface area contributed by atoms with Crippen molar-refractivity contribution in [2.45, 2.75) is 38.6 Å². The molecule has 1 fully saturated rings. The van der Waals surface area contributed by atoms with Gasteiger partial charge in [-0.15, -0.1) is 0 Å². The van der Waals surface area contributed by atoms with Crippen molar-refractivity contribution in [3.8, 4) is 0 Å². The Balaban J connectivity index is 1.81. The number of hydrogen-bond donors (Lipinski definition) is 4. The highest BCUT2D eigenvalue weighted by atomic mass is 35.5. The van der Waals surface area contributed by atoms with Crippen molar-refractivity contribution in [1.29, 1.82) is 5.41 Å². The Labute approximate surface area is 158 Å². The van der Waals surface area contributed by atoms with E-state index >= 15 is 0 Å². The van der Waals surface area contributed by atoms with Crippen LogP contribution in [-0.2, 0) is 0 Å². The predicted octanol–water partition coefficient (Wildman–Crippen LogP) is 3.93. The Morgan fingerprint density at radius 1 is 1.38 bits per heavy atom. The van der Waals surface area contributed by atoms with Crippen molar-refractivity contribution in [1.82, 2.24) is 10.6 Å². The van der Waals surface area contributed by atoms with Gasteiger partial charge in [0.15, 0.2) is 0 Å². The van der Waals surface area contributed by atoms with Crippen molar-refractivity contribution < 1.29 is 4.79 Å². The monoisotopic (exact) mass is 370 g/mol. The molecule has 1 amide bonds. The molecule has 0 saturated heterocycles. The molecule has 5 nitrogen and oxygen atoms in total. The zero-order valence-corrected chi connectivity index (χ0v) is 15.7. The molecule has 1 aliphatic carbocycles. The van der Waals surface area contributed by atoms with Crippen molar-refractivity contribution >= 4 is 28.9 Å². The van der Waals surface area contributed by atoms with Crippen LogP contribution >= 0.6 is 11.6 Å². The fourth-order valence-corrected chi connectivity index (χ4v) is 3.52. The molecule has 1 saturated carbocycles. The maximum atomic E-state index is 12.7. The first kappa shape index (κ1) is 18.3. The smallest absolute Gasteiger partial charge is 0.253 e. The predicted molar refractivity (Wildman–Crippen MR) is 106 cm³/mol. The van der Waals surface area contributed by atoms with Crippen LogP contribution in [0.3, 0.4) is 0 Å². The van der Waals surface area contributed by atoms with Crippen LogP contribution in [0, 0.1) is 5.41 Å². The highest BCUT2D eigenvalue weighted by molar-refractivity contribution is 6.34. The summed E-state index contributed by atoms with van der Waals surface area (Å²) in [5.41, 5.74) is 9.79. The van der Waals surface area contributed by atoms with E-state index in [1.54, 1.807) is 18.2 Å². The van der Waals surface area contributed by atoms with Gasteiger partial charge in [-0.2, -0.15) is 0 Å². The van der Waals surface area contributed by atoms with Crippen LogP contribution in [-0.4, -0.2) is 17.2 Å². The van der Waals surface area contributed by atoms with E-state index < -0.39 is 5.54 Å². The molecule has 5 N–H and O–H groups in total. The summed E-state index contributed by atoms with van der Waals surface area (Å²) in [4.78, 5) is 12.7. The minimum Gasteiger partial charge on any atom is -0.399 e. The summed E-state index contributed by atoms with van der Waals surface area (Å²) in [5.74, 6) is -0.224. The average Bonchev–Trinajstić information content (AvgIpc) is 2.58. The first-order valence-electron chi connectivity index (χ1n) is 8.57. The summed E-state index contributed by atoms with van der Waals surface area (Å²) >= 11 is 6.16. The number of anilines is 1. The van der Waals surface area contributed by atoms with Crippen molar-refractivity contribution in [2.24, 2.45) is 0 Å². The van der Waals surface area contributed by atoms with Gasteiger partial charge in [0.25, 0.3) is 5.91 Å². The summed E-state index contributed by atoms with van der Waals surface area (Å²) in [6.07, 6.45) is 7.84. The molecule has 1 heterocycles. The molecule has 2 aliphatic rings. The molecule has 0 aromatic heterocycles. The molecule has 1 unspecified atom stereocenters. The van der Waals surface area contributed by atoms with Gasteiger partial charge in [0.05, 0.1) is 10.6 Å². The number of hydrogen-bond acceptors (Lipinski definition) is 4. The highest BCUT2D eigenvalue weighted by Gasteiger charge is 2.35. The summed E-state index contributed by atoms with van der Waals surface area (Å²) < 4.78 is 0. The summed E-state index contributed by atoms with van der Waals surface area (Å²) in [6.45, 7) is 4.02. The van der Waals surface area contributed by atoms with Crippen LogP contribution in [0.2, 0.25) is 5.02 Å². The maximum absolute atomic E-state index is 12.7. The van der Waals surface area contributed by atoms with Crippen LogP contribution in [0.25, 0.3) is 0 Å². The van der Waals surface area contributed by atoms with E-state index in [-0.39, 0.29) is 5.91 Å². The molecular weight excluding hydrogens is 348 g/mol. The first-order valence-corrected chi connectivity index (χ1v) is 8.95. The number of rotatable bonds is 2. The topological polar surface area (TPSA) is 91.0 Å². The molecule has 0 spiro atoms. The van der Waals surface area contributed by atoms with E-state index in [4.69, 9.17) is 22.7 Å². The highest BCUT2D eigenvalue weighted by Crippen LogP contribution is 2.33. The normalized spacial score (nSPS) is 25.5. The van der Waals surface area contributed by atoms with E-state index in [9.17, 15) is 4.79 Å². The van der Waals surface area contributed by atoms with Gasteiger partial charge in [-0.25, -0.2) is 0 Å². The van der Waals surface area contributed by atoms with Gasteiger partial charge in [0, 0.05) is 28.8 Å². The van der Waals surface area contributed by atoms with E-state index in [0.717, 1.165) is 16.8 Å². The number of benzene rings is 1. The number of carbonyl (C=O) groups excluding carboxylic acids is 1. The Hall–Kier alpha value is -2.53. The van der Waals surface area contributed by atoms with Gasteiger partial charge in [-0.3, -0.25) is 4.79 Å². The number of nitrogens with one attached hydrogen (secondary N) is 3. The van der Waals surface area contributed by atoms with E-state index in [1.165, 1.54) is 0 Å². The third-order valence-electron chi connectivity index (χ3n) is 4.80. The molecule has 26 heavy (non-hydrogen) atoms. The van der Waals surface area contributed by atoms with Gasteiger partial charge < -0.3 is 21.8 Å². The van der Waals surface area contributed by atoms with Crippen molar-refractivity contribution in [3.63, 3.8) is 0 Å². The van der Waals surface area contributed by atoms with Gasteiger partial charge in [-0.05, 0) is 68.5 Å². The second-order valence-electron chi connectivity index (χ2n) is 7.17. The number of nitrogens with two attached hydrogens (primary N) is 1. The maximum Gasteiger partial charge on any atom is 0.253 e. The van der Waals surface area contributed by atoms with Crippen LogP contribution in [0.15, 0.2) is 53.4 Å². The SMILES string of the molecule is CC1=CN/C(=C2/CC(C)(NC(=O)c3ccc(N)cc3Cl)CCC2=N)C=C1. The fraction of sp³-hybridized carbons (Fsp3) is 0.300. The van der Waals surface area contributed by atoms with Crippen LogP contribution in [0.1, 0.15) is 43.5 Å².